The summed E-state index contributed by atoms with van der Waals surface area (Å²) in [6, 6.07) is 18.1. The third-order valence-electron chi connectivity index (χ3n) is 4.66. The second kappa shape index (κ2) is 10.5. The van der Waals surface area contributed by atoms with E-state index in [0.29, 0.717) is 18.7 Å². The molecule has 0 bridgehead atoms. The molecule has 28 heavy (non-hydrogen) atoms. The summed E-state index contributed by atoms with van der Waals surface area (Å²) in [5.74, 6) is 0.709. The second-order valence-corrected chi connectivity index (χ2v) is 7.49. The van der Waals surface area contributed by atoms with Crippen molar-refractivity contribution in [3.8, 4) is 0 Å². The van der Waals surface area contributed by atoms with Gasteiger partial charge in [-0.2, -0.15) is 0 Å². The van der Waals surface area contributed by atoms with Gasteiger partial charge in [0.2, 0.25) is 0 Å². The van der Waals surface area contributed by atoms with Gasteiger partial charge in [0.25, 0.3) is 5.91 Å². The number of carbonyl (C=O) groups is 1. The molecule has 0 aliphatic rings. The lowest BCUT2D eigenvalue weighted by molar-refractivity contribution is 0.0953. The quantitative estimate of drug-likeness (QED) is 0.485. The Kier molecular flexibility index (Phi) is 8.05. The second-order valence-electron chi connectivity index (χ2n) is 7.49. The molecule has 2 rings (SSSR count). The molecular formula is C23H32N4O. The van der Waals surface area contributed by atoms with Gasteiger partial charge in [0.05, 0.1) is 0 Å². The summed E-state index contributed by atoms with van der Waals surface area (Å²) in [4.78, 5) is 16.4. The van der Waals surface area contributed by atoms with Crippen molar-refractivity contribution < 1.29 is 4.79 Å². The average molecular weight is 381 g/mol. The molecule has 0 unspecified atom stereocenters. The zero-order valence-electron chi connectivity index (χ0n) is 17.4. The van der Waals surface area contributed by atoms with Crippen LogP contribution in [0.25, 0.3) is 0 Å². The van der Waals surface area contributed by atoms with E-state index < -0.39 is 0 Å². The SMILES string of the molecule is CCCNC(=O)c1cccc(CNC(=NC)NCC(C)(C)c2ccccc2)c1. The normalized spacial score (nSPS) is 11.8. The molecule has 0 aliphatic heterocycles. The number of carbonyl (C=O) groups excluding carboxylic acids is 1. The van der Waals surface area contributed by atoms with Gasteiger partial charge in [-0.15, -0.1) is 0 Å². The molecular weight excluding hydrogens is 348 g/mol. The Labute approximate surface area is 168 Å². The molecule has 0 spiro atoms. The van der Waals surface area contributed by atoms with Gasteiger partial charge in [-0.1, -0.05) is 63.2 Å². The van der Waals surface area contributed by atoms with E-state index in [1.807, 2.05) is 37.3 Å². The zero-order chi connectivity index (χ0) is 20.4. The number of rotatable bonds is 8. The highest BCUT2D eigenvalue weighted by Gasteiger charge is 2.20. The summed E-state index contributed by atoms with van der Waals surface area (Å²) < 4.78 is 0. The third kappa shape index (κ3) is 6.41. The Bertz CT molecular complexity index is 784. The molecule has 0 atom stereocenters. The molecule has 5 heteroatoms. The molecule has 2 aromatic carbocycles. The van der Waals surface area contributed by atoms with E-state index >= 15 is 0 Å². The van der Waals surface area contributed by atoms with Crippen molar-refractivity contribution in [3.63, 3.8) is 0 Å². The average Bonchev–Trinajstić information content (AvgIpc) is 2.73. The highest BCUT2D eigenvalue weighted by molar-refractivity contribution is 5.94. The minimum Gasteiger partial charge on any atom is -0.356 e. The maximum atomic E-state index is 12.1. The minimum atomic E-state index is -0.0317. The molecule has 0 aliphatic carbocycles. The van der Waals surface area contributed by atoms with E-state index in [9.17, 15) is 4.79 Å². The van der Waals surface area contributed by atoms with Crippen molar-refractivity contribution in [1.29, 1.82) is 0 Å². The summed E-state index contributed by atoms with van der Waals surface area (Å²) in [7, 11) is 1.76. The first-order valence-electron chi connectivity index (χ1n) is 9.83. The van der Waals surface area contributed by atoms with E-state index in [0.717, 1.165) is 24.5 Å². The molecule has 0 aromatic heterocycles. The van der Waals surface area contributed by atoms with Gasteiger partial charge in [0.15, 0.2) is 5.96 Å². The molecule has 0 saturated carbocycles. The highest BCUT2D eigenvalue weighted by Crippen LogP contribution is 2.21. The van der Waals surface area contributed by atoms with Crippen LogP contribution in [0.2, 0.25) is 0 Å². The fraction of sp³-hybridized carbons (Fsp3) is 0.391. The smallest absolute Gasteiger partial charge is 0.251 e. The molecule has 0 fully saturated rings. The maximum absolute atomic E-state index is 12.1. The summed E-state index contributed by atoms with van der Waals surface area (Å²) in [6.45, 7) is 8.51. The molecule has 1 amide bonds. The number of nitrogens with one attached hydrogen (secondary N) is 3. The van der Waals surface area contributed by atoms with Crippen LogP contribution in [0.4, 0.5) is 0 Å². The van der Waals surface area contributed by atoms with Gasteiger partial charge in [-0.05, 0) is 29.7 Å². The maximum Gasteiger partial charge on any atom is 0.251 e. The van der Waals surface area contributed by atoms with Crippen molar-refractivity contribution >= 4 is 11.9 Å². The molecule has 150 valence electrons. The molecule has 0 saturated heterocycles. The fourth-order valence-electron chi connectivity index (χ4n) is 2.87. The van der Waals surface area contributed by atoms with Crippen molar-refractivity contribution in [1.82, 2.24) is 16.0 Å². The highest BCUT2D eigenvalue weighted by atomic mass is 16.1. The van der Waals surface area contributed by atoms with Crippen LogP contribution in [-0.2, 0) is 12.0 Å². The number of benzene rings is 2. The third-order valence-corrected chi connectivity index (χ3v) is 4.66. The summed E-state index contributed by atoms with van der Waals surface area (Å²) in [5, 5.41) is 9.64. The van der Waals surface area contributed by atoms with Crippen LogP contribution in [0.3, 0.4) is 0 Å². The lowest BCUT2D eigenvalue weighted by Gasteiger charge is -2.26. The Balaban J connectivity index is 1.91. The number of nitrogens with zero attached hydrogens (tertiary/aromatic N) is 1. The van der Waals surface area contributed by atoms with Gasteiger partial charge in [0, 0.05) is 37.7 Å². The standard InChI is InChI=1S/C23H32N4O/c1-5-14-25-21(28)19-11-9-10-18(15-19)16-26-22(24-4)27-17-23(2,3)20-12-7-6-8-13-20/h6-13,15H,5,14,16-17H2,1-4H3,(H,25,28)(H2,24,26,27). The predicted octanol–water partition coefficient (Wildman–Crippen LogP) is 3.47. The Hall–Kier alpha value is -2.82. The molecule has 2 aromatic rings. The zero-order valence-corrected chi connectivity index (χ0v) is 17.4. The molecule has 0 heterocycles. The summed E-state index contributed by atoms with van der Waals surface area (Å²) >= 11 is 0. The predicted molar refractivity (Wildman–Crippen MR) is 117 cm³/mol. The van der Waals surface area contributed by atoms with Gasteiger partial charge < -0.3 is 16.0 Å². The lowest BCUT2D eigenvalue weighted by Crippen LogP contribution is -2.43. The van der Waals surface area contributed by atoms with E-state index in [1.165, 1.54) is 5.56 Å². The van der Waals surface area contributed by atoms with Gasteiger partial charge >= 0.3 is 0 Å². The van der Waals surface area contributed by atoms with Crippen LogP contribution in [0.1, 0.15) is 48.7 Å². The van der Waals surface area contributed by atoms with E-state index in [4.69, 9.17) is 0 Å². The first-order valence-corrected chi connectivity index (χ1v) is 9.83. The van der Waals surface area contributed by atoms with Gasteiger partial charge in [-0.3, -0.25) is 9.79 Å². The first-order chi connectivity index (χ1) is 13.5. The van der Waals surface area contributed by atoms with Crippen LogP contribution in [0.5, 0.6) is 0 Å². The number of aliphatic imine (C=N–C) groups is 1. The largest absolute Gasteiger partial charge is 0.356 e. The lowest BCUT2D eigenvalue weighted by atomic mass is 9.85. The monoisotopic (exact) mass is 380 g/mol. The topological polar surface area (TPSA) is 65.5 Å². The van der Waals surface area contributed by atoms with Crippen molar-refractivity contribution in [2.24, 2.45) is 4.99 Å². The Morgan fingerprint density at radius 1 is 1.00 bits per heavy atom. The summed E-state index contributed by atoms with van der Waals surface area (Å²) in [6.07, 6.45) is 0.925. The van der Waals surface area contributed by atoms with Crippen LogP contribution < -0.4 is 16.0 Å². The number of amides is 1. The van der Waals surface area contributed by atoms with E-state index in [1.54, 1.807) is 7.05 Å². The van der Waals surface area contributed by atoms with Crippen molar-refractivity contribution in [3.05, 3.63) is 71.3 Å². The van der Waals surface area contributed by atoms with Crippen LogP contribution in [0, 0.1) is 0 Å². The number of guanidine groups is 1. The minimum absolute atomic E-state index is 0.0177. The number of hydrogen-bond acceptors (Lipinski definition) is 2. The molecule has 3 N–H and O–H groups in total. The molecule has 5 nitrogen and oxygen atoms in total. The van der Waals surface area contributed by atoms with Crippen LogP contribution in [0.15, 0.2) is 59.6 Å². The van der Waals surface area contributed by atoms with Crippen molar-refractivity contribution in [2.75, 3.05) is 20.1 Å². The van der Waals surface area contributed by atoms with E-state index in [2.05, 4.69) is 59.1 Å². The first kappa shape index (κ1) is 21.5. The van der Waals surface area contributed by atoms with E-state index in [-0.39, 0.29) is 11.3 Å². The fourth-order valence-corrected chi connectivity index (χ4v) is 2.87. The van der Waals surface area contributed by atoms with Gasteiger partial charge in [-0.25, -0.2) is 0 Å². The molecule has 0 radical (unpaired) electrons. The summed E-state index contributed by atoms with van der Waals surface area (Å²) in [5.41, 5.74) is 2.98. The van der Waals surface area contributed by atoms with Crippen LogP contribution >= 0.6 is 0 Å². The Morgan fingerprint density at radius 2 is 1.75 bits per heavy atom. The van der Waals surface area contributed by atoms with Crippen LogP contribution in [-0.4, -0.2) is 32.0 Å². The Morgan fingerprint density at radius 3 is 2.43 bits per heavy atom. The van der Waals surface area contributed by atoms with Gasteiger partial charge in [0.1, 0.15) is 0 Å². The number of hydrogen-bond donors (Lipinski definition) is 3. The van der Waals surface area contributed by atoms with Crippen molar-refractivity contribution in [2.45, 2.75) is 39.2 Å².